The van der Waals surface area contributed by atoms with Crippen molar-refractivity contribution in [3.8, 4) is 0 Å². The second-order valence-electron chi connectivity index (χ2n) is 4.89. The molecule has 100 valence electrons. The molecule has 0 unspecified atom stereocenters. The maximum absolute atomic E-state index is 11.1. The standard InChI is InChI=1S/C12H15N5O2/c13-12(11(18)19)2-5-17(6-3-12)10-8-1-4-14-9(8)15-7-16-10/h1,4,7H,2-3,5-6,13H2,(H,18,19)(H,14,15,16). The average molecular weight is 261 g/mol. The van der Waals surface area contributed by atoms with Crippen LogP contribution in [-0.2, 0) is 4.79 Å². The predicted octanol–water partition coefficient (Wildman–Crippen LogP) is 0.340. The van der Waals surface area contributed by atoms with E-state index in [4.69, 9.17) is 10.8 Å². The lowest BCUT2D eigenvalue weighted by atomic mass is 9.89. The molecule has 1 aliphatic heterocycles. The van der Waals surface area contributed by atoms with E-state index in [1.807, 2.05) is 12.3 Å². The third-order valence-corrected chi connectivity index (χ3v) is 3.71. The Kier molecular flexibility index (Phi) is 2.63. The number of nitrogens with two attached hydrogens (primary N) is 1. The Labute approximate surface area is 109 Å². The number of aromatic nitrogens is 3. The van der Waals surface area contributed by atoms with E-state index in [1.165, 1.54) is 6.33 Å². The van der Waals surface area contributed by atoms with E-state index < -0.39 is 11.5 Å². The Morgan fingerprint density at radius 2 is 2.16 bits per heavy atom. The number of hydrogen-bond acceptors (Lipinski definition) is 5. The molecule has 0 amide bonds. The fourth-order valence-corrected chi connectivity index (χ4v) is 2.44. The molecule has 0 bridgehead atoms. The molecule has 1 saturated heterocycles. The highest BCUT2D eigenvalue weighted by Gasteiger charge is 2.38. The number of aliphatic carboxylic acids is 1. The van der Waals surface area contributed by atoms with Gasteiger partial charge < -0.3 is 20.7 Å². The van der Waals surface area contributed by atoms with E-state index in [2.05, 4.69) is 19.9 Å². The van der Waals surface area contributed by atoms with Gasteiger partial charge in [0.25, 0.3) is 0 Å². The SMILES string of the molecule is NC1(C(=O)O)CCN(c2ncnc3[nH]ccc23)CC1. The lowest BCUT2D eigenvalue weighted by molar-refractivity contribution is -0.144. The number of nitrogens with one attached hydrogen (secondary N) is 1. The van der Waals surface area contributed by atoms with Gasteiger partial charge in [0, 0.05) is 19.3 Å². The molecule has 3 rings (SSSR count). The fourth-order valence-electron chi connectivity index (χ4n) is 2.44. The monoisotopic (exact) mass is 261 g/mol. The van der Waals surface area contributed by atoms with Crippen molar-refractivity contribution >= 4 is 22.8 Å². The van der Waals surface area contributed by atoms with Crippen LogP contribution in [0.25, 0.3) is 11.0 Å². The van der Waals surface area contributed by atoms with Crippen LogP contribution in [0.5, 0.6) is 0 Å². The van der Waals surface area contributed by atoms with Gasteiger partial charge in [0.1, 0.15) is 23.3 Å². The van der Waals surface area contributed by atoms with Crippen molar-refractivity contribution in [3.63, 3.8) is 0 Å². The number of nitrogens with zero attached hydrogens (tertiary/aromatic N) is 3. The van der Waals surface area contributed by atoms with Gasteiger partial charge in [-0.1, -0.05) is 0 Å². The van der Waals surface area contributed by atoms with Crippen LogP contribution in [0, 0.1) is 0 Å². The zero-order chi connectivity index (χ0) is 13.5. The molecule has 7 heteroatoms. The summed E-state index contributed by atoms with van der Waals surface area (Å²) in [5.74, 6) is -0.0969. The van der Waals surface area contributed by atoms with E-state index in [-0.39, 0.29) is 0 Å². The van der Waals surface area contributed by atoms with E-state index >= 15 is 0 Å². The van der Waals surface area contributed by atoms with Crippen molar-refractivity contribution in [2.45, 2.75) is 18.4 Å². The highest BCUT2D eigenvalue weighted by atomic mass is 16.4. The predicted molar refractivity (Wildman–Crippen MR) is 69.9 cm³/mol. The molecule has 1 fully saturated rings. The smallest absolute Gasteiger partial charge is 0.323 e. The van der Waals surface area contributed by atoms with Gasteiger partial charge in [0.15, 0.2) is 0 Å². The fraction of sp³-hybridized carbons (Fsp3) is 0.417. The Hall–Kier alpha value is -2.15. The first-order valence-electron chi connectivity index (χ1n) is 6.15. The van der Waals surface area contributed by atoms with Gasteiger partial charge in [-0.05, 0) is 18.9 Å². The average Bonchev–Trinajstić information content (AvgIpc) is 2.87. The molecule has 7 nitrogen and oxygen atoms in total. The summed E-state index contributed by atoms with van der Waals surface area (Å²) in [6, 6.07) is 1.92. The van der Waals surface area contributed by atoms with Crippen molar-refractivity contribution in [3.05, 3.63) is 18.6 Å². The van der Waals surface area contributed by atoms with Crippen LogP contribution < -0.4 is 10.6 Å². The quantitative estimate of drug-likeness (QED) is 0.719. The molecule has 1 aliphatic rings. The highest BCUT2D eigenvalue weighted by Crippen LogP contribution is 2.27. The van der Waals surface area contributed by atoms with Crippen LogP contribution in [0.1, 0.15) is 12.8 Å². The number of hydrogen-bond donors (Lipinski definition) is 3. The molecule has 0 saturated carbocycles. The largest absolute Gasteiger partial charge is 0.480 e. The molecular weight excluding hydrogens is 246 g/mol. The Morgan fingerprint density at radius 1 is 1.42 bits per heavy atom. The van der Waals surface area contributed by atoms with Crippen LogP contribution in [0.15, 0.2) is 18.6 Å². The molecule has 0 radical (unpaired) electrons. The second-order valence-corrected chi connectivity index (χ2v) is 4.89. The molecule has 4 N–H and O–H groups in total. The number of rotatable bonds is 2. The Morgan fingerprint density at radius 3 is 2.84 bits per heavy atom. The van der Waals surface area contributed by atoms with Crippen LogP contribution in [0.2, 0.25) is 0 Å². The molecule has 0 aliphatic carbocycles. The first kappa shape index (κ1) is 11.9. The summed E-state index contributed by atoms with van der Waals surface area (Å²) < 4.78 is 0. The summed E-state index contributed by atoms with van der Waals surface area (Å²) in [6.45, 7) is 1.17. The minimum absolute atomic E-state index is 0.415. The molecule has 2 aromatic heterocycles. The molecule has 3 heterocycles. The number of carboxylic acids is 1. The van der Waals surface area contributed by atoms with Crippen molar-refractivity contribution < 1.29 is 9.90 Å². The van der Waals surface area contributed by atoms with Gasteiger partial charge in [0.05, 0.1) is 5.39 Å². The van der Waals surface area contributed by atoms with Crippen molar-refractivity contribution in [1.29, 1.82) is 0 Å². The molecule has 2 aromatic rings. The highest BCUT2D eigenvalue weighted by molar-refractivity contribution is 5.87. The van der Waals surface area contributed by atoms with E-state index in [1.54, 1.807) is 0 Å². The van der Waals surface area contributed by atoms with E-state index in [9.17, 15) is 4.79 Å². The summed E-state index contributed by atoms with van der Waals surface area (Å²) in [6.07, 6.45) is 4.16. The third-order valence-electron chi connectivity index (χ3n) is 3.71. The van der Waals surface area contributed by atoms with Crippen LogP contribution in [-0.4, -0.2) is 44.7 Å². The minimum atomic E-state index is -1.11. The van der Waals surface area contributed by atoms with Crippen LogP contribution in [0.4, 0.5) is 5.82 Å². The summed E-state index contributed by atoms with van der Waals surface area (Å²) in [5, 5.41) is 10.1. The van der Waals surface area contributed by atoms with Crippen LogP contribution in [0.3, 0.4) is 0 Å². The van der Waals surface area contributed by atoms with Gasteiger partial charge in [-0.2, -0.15) is 0 Å². The lowest BCUT2D eigenvalue weighted by Gasteiger charge is -2.36. The van der Waals surface area contributed by atoms with Gasteiger partial charge in [-0.15, -0.1) is 0 Å². The Balaban J connectivity index is 1.86. The van der Waals surface area contributed by atoms with Gasteiger partial charge >= 0.3 is 5.97 Å². The molecule has 0 aromatic carbocycles. The topological polar surface area (TPSA) is 108 Å². The maximum atomic E-state index is 11.1. The van der Waals surface area contributed by atoms with Gasteiger partial charge in [-0.25, -0.2) is 9.97 Å². The first-order valence-corrected chi connectivity index (χ1v) is 6.15. The van der Waals surface area contributed by atoms with E-state index in [0.717, 1.165) is 16.9 Å². The number of aromatic amines is 1. The summed E-state index contributed by atoms with van der Waals surface area (Å²) in [4.78, 5) is 24.7. The van der Waals surface area contributed by atoms with E-state index in [0.29, 0.717) is 25.9 Å². The number of anilines is 1. The van der Waals surface area contributed by atoms with Crippen molar-refractivity contribution in [2.75, 3.05) is 18.0 Å². The van der Waals surface area contributed by atoms with Crippen LogP contribution >= 0.6 is 0 Å². The summed E-state index contributed by atoms with van der Waals surface area (Å²) in [7, 11) is 0. The number of carboxylic acid groups (broad SMARTS) is 1. The molecular formula is C12H15N5O2. The maximum Gasteiger partial charge on any atom is 0.323 e. The summed E-state index contributed by atoms with van der Waals surface area (Å²) in [5.41, 5.74) is 5.54. The lowest BCUT2D eigenvalue weighted by Crippen LogP contribution is -2.55. The molecule has 0 atom stereocenters. The number of carbonyl (C=O) groups is 1. The normalized spacial score (nSPS) is 18.7. The zero-order valence-electron chi connectivity index (χ0n) is 10.3. The van der Waals surface area contributed by atoms with Crippen molar-refractivity contribution in [2.24, 2.45) is 5.73 Å². The Bertz CT molecular complexity index is 615. The molecule has 19 heavy (non-hydrogen) atoms. The number of piperidine rings is 1. The number of fused-ring (bicyclic) bond motifs is 1. The zero-order valence-corrected chi connectivity index (χ0v) is 10.3. The third kappa shape index (κ3) is 1.91. The minimum Gasteiger partial charge on any atom is -0.480 e. The number of H-pyrrole nitrogens is 1. The second kappa shape index (κ2) is 4.20. The van der Waals surface area contributed by atoms with Gasteiger partial charge in [-0.3, -0.25) is 4.79 Å². The molecule has 0 spiro atoms. The van der Waals surface area contributed by atoms with Gasteiger partial charge in [0.2, 0.25) is 0 Å². The summed E-state index contributed by atoms with van der Waals surface area (Å²) >= 11 is 0. The first-order chi connectivity index (χ1) is 9.10. The van der Waals surface area contributed by atoms with Crippen molar-refractivity contribution in [1.82, 2.24) is 15.0 Å².